The smallest absolute Gasteiger partial charge is 0.296 e. The van der Waals surface area contributed by atoms with Gasteiger partial charge in [0.2, 0.25) is 0 Å². The summed E-state index contributed by atoms with van der Waals surface area (Å²) in [5, 5.41) is 11.6. The maximum absolute atomic E-state index is 13.2. The molecule has 33 heavy (non-hydrogen) atoms. The first kappa shape index (κ1) is 22.4. The van der Waals surface area contributed by atoms with Crippen molar-refractivity contribution in [1.29, 1.82) is 0 Å². The molecule has 1 atom stereocenters. The van der Waals surface area contributed by atoms with Crippen LogP contribution in [0.15, 0.2) is 72.4 Å². The predicted molar refractivity (Wildman–Crippen MR) is 123 cm³/mol. The van der Waals surface area contributed by atoms with Crippen LogP contribution in [0.25, 0.3) is 5.76 Å². The van der Waals surface area contributed by atoms with Gasteiger partial charge in [0.05, 0.1) is 48.7 Å². The predicted octanol–water partition coefficient (Wildman–Crippen LogP) is 4.37. The Labute approximate surface area is 195 Å². The van der Waals surface area contributed by atoms with Crippen LogP contribution < -0.4 is 9.47 Å². The molecule has 1 unspecified atom stereocenters. The van der Waals surface area contributed by atoms with Crippen LogP contribution in [0, 0.1) is 0 Å². The van der Waals surface area contributed by atoms with Gasteiger partial charge in [0, 0.05) is 12.3 Å². The summed E-state index contributed by atoms with van der Waals surface area (Å²) >= 11 is 6.20. The van der Waals surface area contributed by atoms with E-state index in [1.807, 2.05) is 18.2 Å². The molecule has 1 saturated heterocycles. The average molecular weight is 465 g/mol. The number of Topliss-reactive ketones (excluding diaryl/α,β-unsaturated/α-hetero) is 1. The first-order chi connectivity index (χ1) is 16.0. The molecule has 1 aromatic heterocycles. The van der Waals surface area contributed by atoms with E-state index < -0.39 is 17.7 Å². The van der Waals surface area contributed by atoms with E-state index in [1.54, 1.807) is 36.5 Å². The van der Waals surface area contributed by atoms with Gasteiger partial charge < -0.3 is 19.5 Å². The van der Waals surface area contributed by atoms with Crippen molar-refractivity contribution in [3.05, 3.63) is 94.3 Å². The van der Waals surface area contributed by atoms with Gasteiger partial charge in [-0.2, -0.15) is 0 Å². The number of aliphatic hydroxyl groups is 1. The number of benzene rings is 2. The first-order valence-electron chi connectivity index (χ1n) is 10.1. The molecule has 1 aliphatic rings. The molecule has 2 aromatic carbocycles. The molecule has 0 radical (unpaired) electrons. The van der Waals surface area contributed by atoms with E-state index in [0.717, 1.165) is 0 Å². The van der Waals surface area contributed by atoms with E-state index in [9.17, 15) is 14.7 Å². The largest absolute Gasteiger partial charge is 0.507 e. The van der Waals surface area contributed by atoms with Gasteiger partial charge in [0.1, 0.15) is 17.3 Å². The lowest BCUT2D eigenvalue weighted by Crippen LogP contribution is -2.29. The minimum absolute atomic E-state index is 0.0511. The van der Waals surface area contributed by atoms with Gasteiger partial charge in [-0.25, -0.2) is 0 Å². The zero-order valence-electron chi connectivity index (χ0n) is 18.0. The molecule has 4 rings (SSSR count). The van der Waals surface area contributed by atoms with Crippen molar-refractivity contribution in [2.75, 3.05) is 14.2 Å². The van der Waals surface area contributed by atoms with Gasteiger partial charge in [0.25, 0.3) is 11.7 Å². The summed E-state index contributed by atoms with van der Waals surface area (Å²) in [4.78, 5) is 32.0. The molecule has 0 spiro atoms. The van der Waals surface area contributed by atoms with E-state index in [2.05, 4.69) is 4.98 Å². The van der Waals surface area contributed by atoms with E-state index in [-0.39, 0.29) is 40.0 Å². The molecule has 3 aromatic rings. The molecule has 0 saturated carbocycles. The Kier molecular flexibility index (Phi) is 6.33. The lowest BCUT2D eigenvalue weighted by Gasteiger charge is -2.25. The molecule has 168 valence electrons. The lowest BCUT2D eigenvalue weighted by molar-refractivity contribution is -0.140. The van der Waals surface area contributed by atoms with Gasteiger partial charge in [0.15, 0.2) is 0 Å². The van der Waals surface area contributed by atoms with Crippen LogP contribution in [0.4, 0.5) is 0 Å². The monoisotopic (exact) mass is 464 g/mol. The number of pyridine rings is 1. The third-order valence-electron chi connectivity index (χ3n) is 5.44. The highest BCUT2D eigenvalue weighted by molar-refractivity contribution is 6.46. The summed E-state index contributed by atoms with van der Waals surface area (Å²) in [6.07, 6.45) is 1.62. The Bertz CT molecular complexity index is 1230. The highest BCUT2D eigenvalue weighted by Crippen LogP contribution is 2.43. The topological polar surface area (TPSA) is 89.0 Å². The molecule has 1 amide bonds. The lowest BCUT2D eigenvalue weighted by atomic mass is 9.95. The van der Waals surface area contributed by atoms with Crippen LogP contribution >= 0.6 is 11.6 Å². The van der Waals surface area contributed by atoms with Crippen molar-refractivity contribution in [1.82, 2.24) is 9.88 Å². The quantitative estimate of drug-likeness (QED) is 0.331. The van der Waals surface area contributed by atoms with E-state index in [0.29, 0.717) is 11.3 Å². The van der Waals surface area contributed by atoms with Crippen molar-refractivity contribution in [2.24, 2.45) is 0 Å². The summed E-state index contributed by atoms with van der Waals surface area (Å²) in [5.41, 5.74) is 1.43. The van der Waals surface area contributed by atoms with Crippen LogP contribution in [-0.4, -0.2) is 40.9 Å². The molecule has 8 heteroatoms. The fourth-order valence-corrected chi connectivity index (χ4v) is 4.11. The second kappa shape index (κ2) is 9.34. The minimum atomic E-state index is -0.820. The molecular formula is C25H21ClN2O5. The zero-order valence-corrected chi connectivity index (χ0v) is 18.7. The van der Waals surface area contributed by atoms with E-state index in [4.69, 9.17) is 21.1 Å². The number of amides is 1. The van der Waals surface area contributed by atoms with Gasteiger partial charge >= 0.3 is 0 Å². The number of carbonyl (C=O) groups is 2. The third kappa shape index (κ3) is 4.15. The number of aliphatic hydroxyl groups excluding tert-OH is 1. The van der Waals surface area contributed by atoms with Crippen molar-refractivity contribution in [2.45, 2.75) is 12.6 Å². The Balaban J connectivity index is 1.91. The fourth-order valence-electron chi connectivity index (χ4n) is 3.88. The summed E-state index contributed by atoms with van der Waals surface area (Å²) in [5.74, 6) is -1.37. The normalized spacial score (nSPS) is 17.3. The maximum atomic E-state index is 13.2. The molecule has 0 bridgehead atoms. The molecule has 7 nitrogen and oxygen atoms in total. The van der Waals surface area contributed by atoms with Crippen LogP contribution in [0.2, 0.25) is 5.02 Å². The third-order valence-corrected chi connectivity index (χ3v) is 5.74. The summed E-state index contributed by atoms with van der Waals surface area (Å²) < 4.78 is 10.6. The second-order valence-electron chi connectivity index (χ2n) is 7.35. The number of halogens is 1. The highest BCUT2D eigenvalue weighted by Gasteiger charge is 2.46. The Morgan fingerprint density at radius 1 is 1.03 bits per heavy atom. The van der Waals surface area contributed by atoms with Crippen molar-refractivity contribution in [3.8, 4) is 11.5 Å². The molecule has 1 N–H and O–H groups in total. The zero-order chi connectivity index (χ0) is 23.5. The second-order valence-corrected chi connectivity index (χ2v) is 7.75. The highest BCUT2D eigenvalue weighted by atomic mass is 35.5. The van der Waals surface area contributed by atoms with E-state index in [1.165, 1.54) is 31.3 Å². The van der Waals surface area contributed by atoms with Gasteiger partial charge in [-0.1, -0.05) is 48.0 Å². The van der Waals surface area contributed by atoms with Crippen molar-refractivity contribution in [3.63, 3.8) is 0 Å². The van der Waals surface area contributed by atoms with Crippen LogP contribution in [-0.2, 0) is 16.1 Å². The maximum Gasteiger partial charge on any atom is 0.296 e. The molecule has 1 fully saturated rings. The number of rotatable bonds is 6. The van der Waals surface area contributed by atoms with Crippen molar-refractivity contribution >= 4 is 29.1 Å². The SMILES string of the molecule is COc1cc(/C(O)=C2\C(=O)C(=O)N(Cc3ccccn3)C2c2ccccc2)c(OC)cc1Cl. The summed E-state index contributed by atoms with van der Waals surface area (Å²) in [6.45, 7) is 0.100. The number of ketones is 1. The Hall–Kier alpha value is -3.84. The number of likely N-dealkylation sites (tertiary alicyclic amines) is 1. The number of hydrogen-bond donors (Lipinski definition) is 1. The average Bonchev–Trinajstić information content (AvgIpc) is 3.09. The fraction of sp³-hybridized carbons (Fsp3) is 0.160. The number of ether oxygens (including phenoxy) is 2. The summed E-state index contributed by atoms with van der Waals surface area (Å²) in [6, 6.07) is 16.5. The number of methoxy groups -OCH3 is 2. The Morgan fingerprint density at radius 3 is 2.36 bits per heavy atom. The van der Waals surface area contributed by atoms with Gasteiger partial charge in [-0.15, -0.1) is 0 Å². The minimum Gasteiger partial charge on any atom is -0.507 e. The molecule has 2 heterocycles. The first-order valence-corrected chi connectivity index (χ1v) is 10.5. The number of hydrogen-bond acceptors (Lipinski definition) is 6. The number of carbonyl (C=O) groups excluding carboxylic acids is 2. The van der Waals surface area contributed by atoms with Gasteiger partial charge in [-0.3, -0.25) is 14.6 Å². The Morgan fingerprint density at radius 2 is 1.73 bits per heavy atom. The van der Waals surface area contributed by atoms with Crippen LogP contribution in [0.1, 0.15) is 22.9 Å². The number of nitrogens with zero attached hydrogens (tertiary/aromatic N) is 2. The van der Waals surface area contributed by atoms with Crippen LogP contribution in [0.5, 0.6) is 11.5 Å². The number of aromatic nitrogens is 1. The van der Waals surface area contributed by atoms with Crippen molar-refractivity contribution < 1.29 is 24.2 Å². The molecule has 1 aliphatic heterocycles. The summed E-state index contributed by atoms with van der Waals surface area (Å²) in [7, 11) is 2.86. The molecule has 0 aliphatic carbocycles. The van der Waals surface area contributed by atoms with Gasteiger partial charge in [-0.05, 0) is 23.8 Å². The van der Waals surface area contributed by atoms with Crippen LogP contribution in [0.3, 0.4) is 0 Å². The molecular weight excluding hydrogens is 444 g/mol. The van der Waals surface area contributed by atoms with E-state index >= 15 is 0 Å². The standard InChI is InChI=1S/C25H21ClN2O5/c1-32-19-13-18(26)20(33-2)12-17(19)23(29)21-22(15-8-4-3-5-9-15)28(25(31)24(21)30)14-16-10-6-7-11-27-16/h3-13,22,29H,14H2,1-2H3/b23-21+.